The first-order valence-electron chi connectivity index (χ1n) is 4.38. The lowest BCUT2D eigenvalue weighted by Crippen LogP contribution is -2.15. The molecule has 3 heteroatoms. The zero-order valence-electron chi connectivity index (χ0n) is 8.16. The van der Waals surface area contributed by atoms with Crippen LogP contribution in [0.1, 0.15) is 6.42 Å². The van der Waals surface area contributed by atoms with Crippen molar-refractivity contribution in [2.45, 2.75) is 6.42 Å². The molecule has 0 aliphatic rings. The normalized spacial score (nSPS) is 10.4. The van der Waals surface area contributed by atoms with Crippen LogP contribution in [0.25, 0.3) is 0 Å². The van der Waals surface area contributed by atoms with Crippen molar-refractivity contribution in [1.29, 1.82) is 0 Å². The van der Waals surface area contributed by atoms with Crippen molar-refractivity contribution < 1.29 is 4.74 Å². The van der Waals surface area contributed by atoms with Gasteiger partial charge in [-0.3, -0.25) is 0 Å². The van der Waals surface area contributed by atoms with E-state index >= 15 is 0 Å². The van der Waals surface area contributed by atoms with Gasteiger partial charge >= 0.3 is 0 Å². The van der Waals surface area contributed by atoms with E-state index in [0.29, 0.717) is 5.88 Å². The molecule has 0 aliphatic carbocycles. The van der Waals surface area contributed by atoms with Gasteiger partial charge in [0.1, 0.15) is 0 Å². The minimum Gasteiger partial charge on any atom is -0.478 e. The van der Waals surface area contributed by atoms with Crippen molar-refractivity contribution in [3.63, 3.8) is 0 Å². The molecule has 0 unspecified atom stereocenters. The van der Waals surface area contributed by atoms with Crippen molar-refractivity contribution in [1.82, 2.24) is 9.88 Å². The molecular weight excluding hydrogens is 164 g/mol. The summed E-state index contributed by atoms with van der Waals surface area (Å²) in [5, 5.41) is 0. The molecule has 1 aromatic rings. The second-order valence-corrected chi connectivity index (χ2v) is 3.10. The van der Waals surface area contributed by atoms with Crippen molar-refractivity contribution in [3.05, 3.63) is 24.4 Å². The van der Waals surface area contributed by atoms with Gasteiger partial charge in [-0.1, -0.05) is 0 Å². The molecule has 0 saturated carbocycles. The van der Waals surface area contributed by atoms with E-state index in [2.05, 4.69) is 30.0 Å². The van der Waals surface area contributed by atoms with Crippen LogP contribution in [0, 0.1) is 6.07 Å². The predicted molar refractivity (Wildman–Crippen MR) is 51.7 cm³/mol. The maximum absolute atomic E-state index is 5.40. The Labute approximate surface area is 79.3 Å². The van der Waals surface area contributed by atoms with Gasteiger partial charge in [0.05, 0.1) is 6.61 Å². The molecule has 3 nitrogen and oxygen atoms in total. The lowest BCUT2D eigenvalue weighted by Gasteiger charge is -2.09. The van der Waals surface area contributed by atoms with E-state index in [1.807, 2.05) is 6.07 Å². The quantitative estimate of drug-likeness (QED) is 0.635. The van der Waals surface area contributed by atoms with E-state index < -0.39 is 0 Å². The highest BCUT2D eigenvalue weighted by Gasteiger charge is 1.93. The van der Waals surface area contributed by atoms with E-state index in [4.69, 9.17) is 4.74 Å². The Morgan fingerprint density at radius 3 is 3.00 bits per heavy atom. The van der Waals surface area contributed by atoms with Gasteiger partial charge in [0.15, 0.2) is 0 Å². The first kappa shape index (κ1) is 9.99. The number of hydrogen-bond donors (Lipinski definition) is 0. The van der Waals surface area contributed by atoms with Crippen molar-refractivity contribution >= 4 is 0 Å². The highest BCUT2D eigenvalue weighted by molar-refractivity contribution is 5.08. The summed E-state index contributed by atoms with van der Waals surface area (Å²) in [7, 11) is 4.10. The van der Waals surface area contributed by atoms with Crippen LogP contribution in [0.2, 0.25) is 0 Å². The van der Waals surface area contributed by atoms with Gasteiger partial charge in [0.2, 0.25) is 5.88 Å². The second-order valence-electron chi connectivity index (χ2n) is 3.10. The smallest absolute Gasteiger partial charge is 0.213 e. The van der Waals surface area contributed by atoms with E-state index in [0.717, 1.165) is 19.6 Å². The first-order valence-corrected chi connectivity index (χ1v) is 4.38. The highest BCUT2D eigenvalue weighted by Crippen LogP contribution is 2.02. The molecule has 0 aliphatic heterocycles. The Morgan fingerprint density at radius 2 is 2.38 bits per heavy atom. The van der Waals surface area contributed by atoms with Crippen LogP contribution in [0.5, 0.6) is 5.88 Å². The fraction of sp³-hybridized carbons (Fsp3) is 0.500. The van der Waals surface area contributed by atoms with Crippen LogP contribution in [0.3, 0.4) is 0 Å². The van der Waals surface area contributed by atoms with E-state index in [1.165, 1.54) is 0 Å². The third kappa shape index (κ3) is 4.48. The Balaban J connectivity index is 2.13. The molecule has 1 aromatic heterocycles. The number of aromatic nitrogens is 1. The molecule has 0 saturated heterocycles. The van der Waals surface area contributed by atoms with Gasteiger partial charge in [0.25, 0.3) is 0 Å². The molecule has 1 rings (SSSR count). The SMILES string of the molecule is CN(C)CCCOc1cc[c]cn1. The third-order valence-electron chi connectivity index (χ3n) is 1.59. The van der Waals surface area contributed by atoms with E-state index in [1.54, 1.807) is 12.3 Å². The molecule has 0 aromatic carbocycles. The van der Waals surface area contributed by atoms with Gasteiger partial charge < -0.3 is 9.64 Å². The van der Waals surface area contributed by atoms with Crippen LogP contribution < -0.4 is 4.74 Å². The topological polar surface area (TPSA) is 25.4 Å². The van der Waals surface area contributed by atoms with Crippen LogP contribution in [-0.2, 0) is 0 Å². The van der Waals surface area contributed by atoms with Gasteiger partial charge in [-0.25, -0.2) is 4.98 Å². The summed E-state index contributed by atoms with van der Waals surface area (Å²) in [6.07, 6.45) is 2.63. The van der Waals surface area contributed by atoms with Gasteiger partial charge in [-0.15, -0.1) is 0 Å². The predicted octanol–water partition coefficient (Wildman–Crippen LogP) is 1.21. The molecule has 0 fully saturated rings. The summed E-state index contributed by atoms with van der Waals surface area (Å²) in [4.78, 5) is 6.14. The summed E-state index contributed by atoms with van der Waals surface area (Å²) < 4.78 is 5.40. The molecule has 0 amide bonds. The number of hydrogen-bond acceptors (Lipinski definition) is 3. The molecule has 0 N–H and O–H groups in total. The first-order chi connectivity index (χ1) is 6.29. The zero-order valence-corrected chi connectivity index (χ0v) is 8.16. The maximum Gasteiger partial charge on any atom is 0.213 e. The molecule has 0 atom stereocenters. The average molecular weight is 179 g/mol. The minimum atomic E-state index is 0.678. The van der Waals surface area contributed by atoms with Gasteiger partial charge in [-0.2, -0.15) is 0 Å². The van der Waals surface area contributed by atoms with Crippen molar-refractivity contribution in [2.24, 2.45) is 0 Å². The van der Waals surface area contributed by atoms with Crippen LogP contribution in [0.4, 0.5) is 0 Å². The lowest BCUT2D eigenvalue weighted by molar-refractivity contribution is 0.273. The largest absolute Gasteiger partial charge is 0.478 e. The third-order valence-corrected chi connectivity index (χ3v) is 1.59. The fourth-order valence-electron chi connectivity index (χ4n) is 0.949. The summed E-state index contributed by atoms with van der Waals surface area (Å²) in [5.41, 5.74) is 0. The molecule has 1 heterocycles. The van der Waals surface area contributed by atoms with Gasteiger partial charge in [0, 0.05) is 24.9 Å². The standard InChI is InChI=1S/C10H15N2O/c1-12(2)8-5-9-13-10-6-3-4-7-11-10/h3,6-7H,5,8-9H2,1-2H3. The second kappa shape index (κ2) is 5.54. The maximum atomic E-state index is 5.40. The molecule has 1 radical (unpaired) electrons. The summed E-state index contributed by atoms with van der Waals surface area (Å²) in [6, 6.07) is 6.46. The van der Waals surface area contributed by atoms with E-state index in [9.17, 15) is 0 Å². The molecule has 71 valence electrons. The lowest BCUT2D eigenvalue weighted by atomic mass is 10.4. The highest BCUT2D eigenvalue weighted by atomic mass is 16.5. The molecule has 0 spiro atoms. The summed E-state index contributed by atoms with van der Waals surface area (Å²) in [6.45, 7) is 1.76. The number of rotatable bonds is 5. The molecule has 0 bridgehead atoms. The summed E-state index contributed by atoms with van der Waals surface area (Å²) in [5.74, 6) is 0.678. The zero-order chi connectivity index (χ0) is 9.52. The Bertz CT molecular complexity index is 224. The number of nitrogens with zero attached hydrogens (tertiary/aromatic N) is 2. The average Bonchev–Trinajstić information content (AvgIpc) is 2.14. The van der Waals surface area contributed by atoms with Crippen molar-refractivity contribution in [2.75, 3.05) is 27.2 Å². The Kier molecular flexibility index (Phi) is 4.26. The van der Waals surface area contributed by atoms with Gasteiger partial charge in [-0.05, 0) is 26.6 Å². The fourth-order valence-corrected chi connectivity index (χ4v) is 0.949. The van der Waals surface area contributed by atoms with E-state index in [-0.39, 0.29) is 0 Å². The number of pyridine rings is 1. The van der Waals surface area contributed by atoms with Crippen LogP contribution in [0.15, 0.2) is 18.3 Å². The Hall–Kier alpha value is -1.09. The van der Waals surface area contributed by atoms with Crippen LogP contribution in [-0.4, -0.2) is 37.1 Å². The Morgan fingerprint density at radius 1 is 1.54 bits per heavy atom. The molecule has 13 heavy (non-hydrogen) atoms. The van der Waals surface area contributed by atoms with Crippen molar-refractivity contribution in [3.8, 4) is 5.88 Å². The minimum absolute atomic E-state index is 0.678. The summed E-state index contributed by atoms with van der Waals surface area (Å²) >= 11 is 0. The number of ether oxygens (including phenoxy) is 1. The van der Waals surface area contributed by atoms with Crippen LogP contribution >= 0.6 is 0 Å². The monoisotopic (exact) mass is 179 g/mol. The molecular formula is C10H15N2O.